The Labute approximate surface area is 194 Å². The van der Waals surface area contributed by atoms with Crippen LogP contribution in [-0.2, 0) is 26.9 Å². The monoisotopic (exact) mass is 469 g/mol. The number of carbonyl (C=O) groups excluding carboxylic acids is 1. The zero-order chi connectivity index (χ0) is 24.5. The van der Waals surface area contributed by atoms with Gasteiger partial charge in [-0.1, -0.05) is 66.7 Å². The van der Waals surface area contributed by atoms with Crippen LogP contribution in [0.5, 0.6) is 0 Å². The number of hydrogen-bond donors (Lipinski definition) is 2. The van der Waals surface area contributed by atoms with Crippen LogP contribution >= 0.6 is 0 Å². The van der Waals surface area contributed by atoms with Crippen molar-refractivity contribution in [1.82, 2.24) is 0 Å². The second-order valence-corrected chi connectivity index (χ2v) is 8.24. The number of aliphatic carboxylic acids is 1. The van der Waals surface area contributed by atoms with Crippen molar-refractivity contribution >= 4 is 11.9 Å². The Morgan fingerprint density at radius 3 is 2.09 bits per heavy atom. The van der Waals surface area contributed by atoms with E-state index in [9.17, 15) is 27.9 Å². The highest BCUT2D eigenvalue weighted by Crippen LogP contribution is 2.44. The fraction of sp³-hybridized carbons (Fsp3) is 0.231. The van der Waals surface area contributed by atoms with Crippen LogP contribution in [0.4, 0.5) is 13.2 Å². The molecule has 2 atom stereocenters. The third-order valence-corrected chi connectivity index (χ3v) is 6.03. The maximum atomic E-state index is 13.0. The average molecular weight is 469 g/mol. The molecule has 3 N–H and O–H groups in total. The van der Waals surface area contributed by atoms with E-state index in [0.29, 0.717) is 0 Å². The second kappa shape index (κ2) is 9.30. The number of esters is 1. The van der Waals surface area contributed by atoms with Crippen LogP contribution in [-0.4, -0.2) is 29.7 Å². The van der Waals surface area contributed by atoms with Gasteiger partial charge in [0.1, 0.15) is 6.61 Å². The van der Waals surface area contributed by atoms with Gasteiger partial charge in [-0.2, -0.15) is 13.2 Å². The number of hydrogen-bond acceptors (Lipinski definition) is 4. The molecule has 1 aliphatic rings. The van der Waals surface area contributed by atoms with Crippen LogP contribution in [0.2, 0.25) is 0 Å². The molecule has 3 aromatic rings. The summed E-state index contributed by atoms with van der Waals surface area (Å²) >= 11 is 0. The lowest BCUT2D eigenvalue weighted by atomic mass is 9.93. The number of rotatable bonds is 7. The molecule has 0 fully saturated rings. The highest BCUT2D eigenvalue weighted by molar-refractivity contribution is 5.95. The first-order valence-electron chi connectivity index (χ1n) is 10.7. The Balaban J connectivity index is 1.49. The van der Waals surface area contributed by atoms with Crippen LogP contribution in [0, 0.1) is 5.92 Å². The molecular formula is C26H22F3NO4. The molecule has 0 saturated carbocycles. The molecule has 1 aliphatic carbocycles. The van der Waals surface area contributed by atoms with E-state index in [0.717, 1.165) is 34.4 Å². The number of benzene rings is 3. The SMILES string of the molecule is NC(Cc1cccc(C(F)(F)F)c1)C(C(=O)O)C(=O)OCC1c2ccccc2-c2ccccc21. The number of carbonyl (C=O) groups is 2. The number of alkyl halides is 3. The summed E-state index contributed by atoms with van der Waals surface area (Å²) in [6, 6.07) is 18.6. The number of carboxylic acid groups (broad SMARTS) is 1. The van der Waals surface area contributed by atoms with Gasteiger partial charge in [-0.05, 0) is 40.3 Å². The average Bonchev–Trinajstić information content (AvgIpc) is 3.11. The topological polar surface area (TPSA) is 89.6 Å². The van der Waals surface area contributed by atoms with Gasteiger partial charge in [-0.3, -0.25) is 9.59 Å². The summed E-state index contributed by atoms with van der Waals surface area (Å²) in [5.41, 5.74) is 9.28. The summed E-state index contributed by atoms with van der Waals surface area (Å²) < 4.78 is 44.4. The van der Waals surface area contributed by atoms with E-state index >= 15 is 0 Å². The van der Waals surface area contributed by atoms with Crippen LogP contribution in [0.3, 0.4) is 0 Å². The lowest BCUT2D eigenvalue weighted by Crippen LogP contribution is -2.43. The highest BCUT2D eigenvalue weighted by Gasteiger charge is 2.37. The van der Waals surface area contributed by atoms with Crippen LogP contribution in [0.1, 0.15) is 28.2 Å². The lowest BCUT2D eigenvalue weighted by Gasteiger charge is -2.21. The van der Waals surface area contributed by atoms with E-state index in [4.69, 9.17) is 10.5 Å². The summed E-state index contributed by atoms with van der Waals surface area (Å²) in [4.78, 5) is 24.6. The van der Waals surface area contributed by atoms with Gasteiger partial charge in [0, 0.05) is 12.0 Å². The molecule has 0 saturated heterocycles. The van der Waals surface area contributed by atoms with Crippen molar-refractivity contribution in [2.75, 3.05) is 6.61 Å². The van der Waals surface area contributed by atoms with Crippen LogP contribution in [0.15, 0.2) is 72.8 Å². The third-order valence-electron chi connectivity index (χ3n) is 6.03. The quantitative estimate of drug-likeness (QED) is 0.389. The predicted octanol–water partition coefficient (Wildman–Crippen LogP) is 4.63. The molecule has 0 bridgehead atoms. The largest absolute Gasteiger partial charge is 0.481 e. The molecule has 2 unspecified atom stereocenters. The van der Waals surface area contributed by atoms with Gasteiger partial charge in [0.2, 0.25) is 0 Å². The maximum Gasteiger partial charge on any atom is 0.416 e. The van der Waals surface area contributed by atoms with Gasteiger partial charge in [0.15, 0.2) is 5.92 Å². The van der Waals surface area contributed by atoms with Crippen molar-refractivity contribution in [2.24, 2.45) is 11.7 Å². The first kappa shape index (κ1) is 23.5. The van der Waals surface area contributed by atoms with Gasteiger partial charge in [0.25, 0.3) is 0 Å². The summed E-state index contributed by atoms with van der Waals surface area (Å²) in [6.45, 7) is -0.0765. The number of carboxylic acids is 1. The number of nitrogens with two attached hydrogens (primary N) is 1. The Morgan fingerprint density at radius 1 is 0.941 bits per heavy atom. The standard InChI is InChI=1S/C26H22F3NO4/c27-26(28,29)16-7-5-6-15(12-16)13-22(30)23(24(31)32)25(33)34-14-21-19-10-3-1-8-17(19)18-9-2-4-11-20(18)21/h1-12,21-23H,13-14,30H2,(H,31,32). The molecule has 176 valence electrons. The molecule has 0 amide bonds. The van der Waals surface area contributed by atoms with E-state index in [2.05, 4.69) is 0 Å². The Morgan fingerprint density at radius 2 is 1.53 bits per heavy atom. The molecule has 0 aliphatic heterocycles. The van der Waals surface area contributed by atoms with Gasteiger partial charge in [-0.25, -0.2) is 0 Å². The fourth-order valence-corrected chi connectivity index (χ4v) is 4.42. The molecule has 0 aromatic heterocycles. The minimum Gasteiger partial charge on any atom is -0.481 e. The van der Waals surface area contributed by atoms with E-state index in [1.807, 2.05) is 48.5 Å². The van der Waals surface area contributed by atoms with E-state index in [1.165, 1.54) is 12.1 Å². The van der Waals surface area contributed by atoms with E-state index < -0.39 is 35.6 Å². The molecule has 4 rings (SSSR count). The van der Waals surface area contributed by atoms with Gasteiger partial charge >= 0.3 is 18.1 Å². The highest BCUT2D eigenvalue weighted by atomic mass is 19.4. The number of halogens is 3. The molecule has 0 spiro atoms. The predicted molar refractivity (Wildman–Crippen MR) is 119 cm³/mol. The first-order valence-corrected chi connectivity index (χ1v) is 10.7. The van der Waals surface area contributed by atoms with Crippen molar-refractivity contribution < 1.29 is 32.6 Å². The molecule has 5 nitrogen and oxygen atoms in total. The van der Waals surface area contributed by atoms with Gasteiger partial charge < -0.3 is 15.6 Å². The summed E-state index contributed by atoms with van der Waals surface area (Å²) in [7, 11) is 0. The minimum absolute atomic E-state index is 0.0765. The lowest BCUT2D eigenvalue weighted by molar-refractivity contribution is -0.159. The Kier molecular flexibility index (Phi) is 6.43. The second-order valence-electron chi connectivity index (χ2n) is 8.24. The van der Waals surface area contributed by atoms with Crippen molar-refractivity contribution in [3.8, 4) is 11.1 Å². The van der Waals surface area contributed by atoms with Crippen molar-refractivity contribution in [3.63, 3.8) is 0 Å². The molecule has 8 heteroatoms. The summed E-state index contributed by atoms with van der Waals surface area (Å²) in [5.74, 6) is -4.49. The van der Waals surface area contributed by atoms with E-state index in [1.54, 1.807) is 0 Å². The van der Waals surface area contributed by atoms with E-state index in [-0.39, 0.29) is 24.5 Å². The zero-order valence-corrected chi connectivity index (χ0v) is 18.0. The molecule has 3 aromatic carbocycles. The Bertz CT molecular complexity index is 1180. The van der Waals surface area contributed by atoms with Gasteiger partial charge in [-0.15, -0.1) is 0 Å². The molecule has 0 heterocycles. The van der Waals surface area contributed by atoms with Gasteiger partial charge in [0.05, 0.1) is 5.56 Å². The minimum atomic E-state index is -4.54. The number of fused-ring (bicyclic) bond motifs is 3. The first-order chi connectivity index (χ1) is 16.2. The molecular weight excluding hydrogens is 447 g/mol. The zero-order valence-electron chi connectivity index (χ0n) is 18.0. The maximum absolute atomic E-state index is 13.0. The molecule has 0 radical (unpaired) electrons. The Hall–Kier alpha value is -3.65. The number of ether oxygens (including phenoxy) is 1. The molecule has 34 heavy (non-hydrogen) atoms. The fourth-order valence-electron chi connectivity index (χ4n) is 4.42. The van der Waals surface area contributed by atoms with Crippen LogP contribution < -0.4 is 5.73 Å². The summed E-state index contributed by atoms with van der Waals surface area (Å²) in [6.07, 6.45) is -4.77. The van der Waals surface area contributed by atoms with Crippen molar-refractivity contribution in [3.05, 3.63) is 95.1 Å². The van der Waals surface area contributed by atoms with Crippen molar-refractivity contribution in [1.29, 1.82) is 0 Å². The normalized spacial score (nSPS) is 14.7. The van der Waals surface area contributed by atoms with Crippen molar-refractivity contribution in [2.45, 2.75) is 24.6 Å². The smallest absolute Gasteiger partial charge is 0.416 e. The summed E-state index contributed by atoms with van der Waals surface area (Å²) in [5, 5.41) is 9.62. The van der Waals surface area contributed by atoms with Crippen LogP contribution in [0.25, 0.3) is 11.1 Å². The third kappa shape index (κ3) is 4.68.